The summed E-state index contributed by atoms with van der Waals surface area (Å²) in [6, 6.07) is 20.9. The summed E-state index contributed by atoms with van der Waals surface area (Å²) in [7, 11) is 0. The molecule has 120 valence electrons. The number of hydrogen-bond donors (Lipinski definition) is 4. The fourth-order valence-corrected chi connectivity index (χ4v) is 2.53. The maximum Gasteiger partial charge on any atom is 0.122 e. The van der Waals surface area contributed by atoms with Gasteiger partial charge in [-0.2, -0.15) is 0 Å². The highest BCUT2D eigenvalue weighted by Crippen LogP contribution is 2.28. The Bertz CT molecular complexity index is 888. The third-order valence-electron chi connectivity index (χ3n) is 3.68. The summed E-state index contributed by atoms with van der Waals surface area (Å²) in [6.07, 6.45) is 0. The standard InChI is InChI=1S/C19H17ClN4/c20-15-7-4-12(5-8-15)13-2-1-3-16(10-13)24-18-11-14(19(22)23)6-9-17(18)21/h1-11,24H,21H2,(H3,22,23). The van der Waals surface area contributed by atoms with Gasteiger partial charge in [0.05, 0.1) is 11.4 Å². The van der Waals surface area contributed by atoms with Gasteiger partial charge in [-0.25, -0.2) is 0 Å². The molecule has 0 amide bonds. The minimum Gasteiger partial charge on any atom is -0.397 e. The lowest BCUT2D eigenvalue weighted by Gasteiger charge is -2.12. The Labute approximate surface area is 145 Å². The number of nitrogens with two attached hydrogens (primary N) is 2. The molecular formula is C19H17ClN4. The Morgan fingerprint density at radius 2 is 1.67 bits per heavy atom. The number of benzene rings is 3. The predicted octanol–water partition coefficient (Wildman–Crippen LogP) is 4.62. The number of amidine groups is 1. The van der Waals surface area contributed by atoms with E-state index in [1.807, 2.05) is 48.5 Å². The van der Waals surface area contributed by atoms with Gasteiger partial charge in [0.25, 0.3) is 0 Å². The third-order valence-corrected chi connectivity index (χ3v) is 3.94. The van der Waals surface area contributed by atoms with E-state index in [0.717, 1.165) is 22.5 Å². The van der Waals surface area contributed by atoms with Crippen molar-refractivity contribution in [3.05, 3.63) is 77.3 Å². The number of rotatable bonds is 4. The summed E-state index contributed by atoms with van der Waals surface area (Å²) in [5, 5.41) is 11.5. The van der Waals surface area contributed by atoms with E-state index < -0.39 is 0 Å². The van der Waals surface area contributed by atoms with E-state index in [-0.39, 0.29) is 5.84 Å². The highest BCUT2D eigenvalue weighted by atomic mass is 35.5. The van der Waals surface area contributed by atoms with Crippen LogP contribution in [0.1, 0.15) is 5.56 Å². The lowest BCUT2D eigenvalue weighted by atomic mass is 10.0. The van der Waals surface area contributed by atoms with E-state index >= 15 is 0 Å². The van der Waals surface area contributed by atoms with Crippen LogP contribution in [0.3, 0.4) is 0 Å². The van der Waals surface area contributed by atoms with Crippen molar-refractivity contribution in [2.45, 2.75) is 0 Å². The molecule has 0 saturated carbocycles. The lowest BCUT2D eigenvalue weighted by Crippen LogP contribution is -2.11. The van der Waals surface area contributed by atoms with Crippen molar-refractivity contribution in [3.8, 4) is 11.1 Å². The van der Waals surface area contributed by atoms with Crippen LogP contribution in [0.25, 0.3) is 11.1 Å². The van der Waals surface area contributed by atoms with E-state index in [1.54, 1.807) is 18.2 Å². The highest BCUT2D eigenvalue weighted by Gasteiger charge is 2.05. The van der Waals surface area contributed by atoms with Crippen LogP contribution in [0.5, 0.6) is 0 Å². The second-order valence-corrected chi connectivity index (χ2v) is 5.86. The molecule has 0 unspecified atom stereocenters. The first-order valence-corrected chi connectivity index (χ1v) is 7.78. The molecule has 24 heavy (non-hydrogen) atoms. The Morgan fingerprint density at radius 3 is 2.38 bits per heavy atom. The molecule has 0 spiro atoms. The molecule has 0 saturated heterocycles. The number of halogens is 1. The van der Waals surface area contributed by atoms with Crippen molar-refractivity contribution in [1.82, 2.24) is 0 Å². The maximum absolute atomic E-state index is 7.54. The maximum atomic E-state index is 7.54. The van der Waals surface area contributed by atoms with Gasteiger partial charge in [0.1, 0.15) is 5.84 Å². The molecule has 3 aromatic rings. The smallest absolute Gasteiger partial charge is 0.122 e. The molecule has 3 rings (SSSR count). The van der Waals surface area contributed by atoms with Crippen LogP contribution in [0.2, 0.25) is 5.02 Å². The Balaban J connectivity index is 1.91. The van der Waals surface area contributed by atoms with Crippen molar-refractivity contribution in [1.29, 1.82) is 5.41 Å². The second-order valence-electron chi connectivity index (χ2n) is 5.43. The molecule has 5 heteroatoms. The zero-order valence-corrected chi connectivity index (χ0v) is 13.6. The number of hydrogen-bond acceptors (Lipinski definition) is 3. The van der Waals surface area contributed by atoms with Crippen molar-refractivity contribution < 1.29 is 0 Å². The molecule has 0 radical (unpaired) electrons. The molecule has 0 aliphatic heterocycles. The van der Waals surface area contributed by atoms with Crippen molar-refractivity contribution in [2.75, 3.05) is 11.1 Å². The number of nitrogens with one attached hydrogen (secondary N) is 2. The highest BCUT2D eigenvalue weighted by molar-refractivity contribution is 6.30. The van der Waals surface area contributed by atoms with Crippen LogP contribution < -0.4 is 16.8 Å². The van der Waals surface area contributed by atoms with Gasteiger partial charge in [0.2, 0.25) is 0 Å². The van der Waals surface area contributed by atoms with Crippen LogP contribution >= 0.6 is 11.6 Å². The van der Waals surface area contributed by atoms with E-state index in [0.29, 0.717) is 16.3 Å². The van der Waals surface area contributed by atoms with E-state index in [4.69, 9.17) is 28.5 Å². The van der Waals surface area contributed by atoms with Crippen LogP contribution in [-0.4, -0.2) is 5.84 Å². The van der Waals surface area contributed by atoms with Crippen LogP contribution in [0.15, 0.2) is 66.7 Å². The van der Waals surface area contributed by atoms with Crippen LogP contribution in [-0.2, 0) is 0 Å². The van der Waals surface area contributed by atoms with Gasteiger partial charge in [-0.1, -0.05) is 35.9 Å². The van der Waals surface area contributed by atoms with Crippen molar-refractivity contribution in [2.24, 2.45) is 5.73 Å². The average molecular weight is 337 g/mol. The largest absolute Gasteiger partial charge is 0.397 e. The van der Waals surface area contributed by atoms with Gasteiger partial charge in [-0.05, 0) is 53.6 Å². The summed E-state index contributed by atoms with van der Waals surface area (Å²) < 4.78 is 0. The summed E-state index contributed by atoms with van der Waals surface area (Å²) >= 11 is 5.94. The van der Waals surface area contributed by atoms with Gasteiger partial charge >= 0.3 is 0 Å². The first-order valence-electron chi connectivity index (χ1n) is 7.40. The van der Waals surface area contributed by atoms with E-state index in [2.05, 4.69) is 5.32 Å². The molecule has 0 fully saturated rings. The Kier molecular flexibility index (Phi) is 4.40. The SMILES string of the molecule is N=C(N)c1ccc(N)c(Nc2cccc(-c3ccc(Cl)cc3)c2)c1. The second kappa shape index (κ2) is 6.64. The van der Waals surface area contributed by atoms with E-state index in [1.165, 1.54) is 0 Å². The zero-order valence-electron chi connectivity index (χ0n) is 12.9. The molecule has 0 aliphatic rings. The monoisotopic (exact) mass is 336 g/mol. The fraction of sp³-hybridized carbons (Fsp3) is 0. The fourth-order valence-electron chi connectivity index (χ4n) is 2.41. The lowest BCUT2D eigenvalue weighted by molar-refractivity contribution is 1.42. The minimum absolute atomic E-state index is 0.00737. The first kappa shape index (κ1) is 15.9. The summed E-state index contributed by atoms with van der Waals surface area (Å²) in [5.41, 5.74) is 16.5. The van der Waals surface area contributed by atoms with Gasteiger partial charge < -0.3 is 16.8 Å². The molecule has 0 aromatic heterocycles. The molecule has 4 nitrogen and oxygen atoms in total. The number of anilines is 3. The topological polar surface area (TPSA) is 87.9 Å². The van der Waals surface area contributed by atoms with Gasteiger partial charge in [0, 0.05) is 16.3 Å². The van der Waals surface area contributed by atoms with Crippen molar-refractivity contribution in [3.63, 3.8) is 0 Å². The average Bonchev–Trinajstić information content (AvgIpc) is 2.57. The quantitative estimate of drug-likeness (QED) is 0.318. The number of nitrogen functional groups attached to an aromatic ring is 2. The summed E-state index contributed by atoms with van der Waals surface area (Å²) in [4.78, 5) is 0. The van der Waals surface area contributed by atoms with Gasteiger partial charge in [0.15, 0.2) is 0 Å². The molecule has 0 heterocycles. The summed E-state index contributed by atoms with van der Waals surface area (Å²) in [6.45, 7) is 0. The third kappa shape index (κ3) is 3.50. The Hall–Kier alpha value is -2.98. The molecule has 0 atom stereocenters. The molecule has 0 aliphatic carbocycles. The first-order chi connectivity index (χ1) is 11.5. The predicted molar refractivity (Wildman–Crippen MR) is 102 cm³/mol. The van der Waals surface area contributed by atoms with Crippen LogP contribution in [0.4, 0.5) is 17.1 Å². The molecule has 0 bridgehead atoms. The van der Waals surface area contributed by atoms with Crippen LogP contribution in [0, 0.1) is 5.41 Å². The Morgan fingerprint density at radius 1 is 0.917 bits per heavy atom. The molecule has 3 aromatic carbocycles. The summed E-state index contributed by atoms with van der Waals surface area (Å²) in [5.74, 6) is 0.00737. The molecule has 6 N–H and O–H groups in total. The van der Waals surface area contributed by atoms with Gasteiger partial charge in [-0.3, -0.25) is 5.41 Å². The molecular weight excluding hydrogens is 320 g/mol. The zero-order chi connectivity index (χ0) is 17.1. The minimum atomic E-state index is 0.00737. The van der Waals surface area contributed by atoms with E-state index in [9.17, 15) is 0 Å². The van der Waals surface area contributed by atoms with Crippen molar-refractivity contribution >= 4 is 34.5 Å². The normalized spacial score (nSPS) is 10.4. The van der Waals surface area contributed by atoms with Gasteiger partial charge in [-0.15, -0.1) is 0 Å².